The fourth-order valence-electron chi connectivity index (χ4n) is 1.16. The number of thiazole rings is 1. The Morgan fingerprint density at radius 1 is 1.47 bits per heavy atom. The van der Waals surface area contributed by atoms with Crippen LogP contribution in [0, 0.1) is 27.2 Å². The van der Waals surface area contributed by atoms with Gasteiger partial charge in [0.1, 0.15) is 6.61 Å². The summed E-state index contributed by atoms with van der Waals surface area (Å²) in [7, 11) is 0. The third-order valence-corrected chi connectivity index (χ3v) is 3.50. The Balaban J connectivity index is 2.68. The van der Waals surface area contributed by atoms with Gasteiger partial charge in [0.2, 0.25) is 0 Å². The Morgan fingerprint density at radius 3 is 2.65 bits per heavy atom. The first kappa shape index (κ1) is 13.3. The predicted octanol–water partition coefficient (Wildman–Crippen LogP) is 1.54. The van der Waals surface area contributed by atoms with Crippen LogP contribution in [0.5, 0.6) is 0 Å². The van der Waals surface area contributed by atoms with Crippen LogP contribution in [-0.4, -0.2) is 21.6 Å². The van der Waals surface area contributed by atoms with Gasteiger partial charge >= 0.3 is 0 Å². The fourth-order valence-corrected chi connectivity index (χ4v) is 2.23. The van der Waals surface area contributed by atoms with E-state index >= 15 is 0 Å². The van der Waals surface area contributed by atoms with Crippen molar-refractivity contribution < 1.29 is 14.8 Å². The van der Waals surface area contributed by atoms with Crippen LogP contribution < -0.4 is 0 Å². The van der Waals surface area contributed by atoms with Gasteiger partial charge in [-0.25, -0.2) is 4.98 Å². The predicted molar refractivity (Wildman–Crippen MR) is 58.9 cm³/mol. The van der Waals surface area contributed by atoms with Crippen molar-refractivity contribution >= 4 is 11.3 Å². The number of hydrogen-bond donors (Lipinski definition) is 0. The van der Waals surface area contributed by atoms with Crippen LogP contribution in [-0.2, 0) is 11.3 Å². The third kappa shape index (κ3) is 3.63. The van der Waals surface area contributed by atoms with Crippen LogP contribution in [0.1, 0.15) is 28.5 Å². The zero-order valence-corrected chi connectivity index (χ0v) is 10.1. The molecule has 1 heterocycles. The van der Waals surface area contributed by atoms with E-state index in [0.717, 1.165) is 4.88 Å². The van der Waals surface area contributed by atoms with Crippen molar-refractivity contribution in [2.45, 2.75) is 26.3 Å². The molecule has 17 heavy (non-hydrogen) atoms. The van der Waals surface area contributed by atoms with Gasteiger partial charge in [0.05, 0.1) is 5.69 Å². The number of nitrogens with zero attached hydrogens (tertiary/aromatic N) is 3. The molecule has 1 aromatic heterocycles. The largest absolute Gasteiger partial charge is 0.314 e. The van der Waals surface area contributed by atoms with E-state index in [-0.39, 0.29) is 6.61 Å². The Bertz CT molecular complexity index is 433. The summed E-state index contributed by atoms with van der Waals surface area (Å²) >= 11 is 1.19. The van der Waals surface area contributed by atoms with E-state index in [2.05, 4.69) is 9.82 Å². The maximum atomic E-state index is 10.6. The molecule has 0 aliphatic heterocycles. The Labute approximate surface area is 100 Å². The number of hydrogen-bond acceptors (Lipinski definition) is 7. The molecule has 0 aliphatic rings. The van der Waals surface area contributed by atoms with E-state index in [9.17, 15) is 20.2 Å². The first-order valence-corrected chi connectivity index (χ1v) is 5.60. The van der Waals surface area contributed by atoms with Gasteiger partial charge in [-0.15, -0.1) is 21.5 Å². The number of nitro groups is 1. The van der Waals surface area contributed by atoms with E-state index in [4.69, 9.17) is 0 Å². The van der Waals surface area contributed by atoms with E-state index in [1.807, 2.05) is 0 Å². The molecule has 0 unspecified atom stereocenters. The SMILES string of the molecule is Cc1nc([C@H](C)[N+](=O)[O-])sc1CCO[N+](=O)[O-]. The lowest BCUT2D eigenvalue weighted by Crippen LogP contribution is -2.05. The lowest BCUT2D eigenvalue weighted by molar-refractivity contribution is -0.757. The molecular weight excluding hydrogens is 250 g/mol. The highest BCUT2D eigenvalue weighted by Crippen LogP contribution is 2.25. The van der Waals surface area contributed by atoms with Crippen LogP contribution in [0.2, 0.25) is 0 Å². The highest BCUT2D eigenvalue weighted by Gasteiger charge is 2.21. The molecule has 1 aromatic rings. The van der Waals surface area contributed by atoms with Gasteiger partial charge in [0.25, 0.3) is 11.1 Å². The summed E-state index contributed by atoms with van der Waals surface area (Å²) in [4.78, 5) is 29.2. The molecule has 0 fully saturated rings. The van der Waals surface area contributed by atoms with Crippen molar-refractivity contribution in [2.75, 3.05) is 6.61 Å². The van der Waals surface area contributed by atoms with Gasteiger partial charge in [0, 0.05) is 23.1 Å². The Kier molecular flexibility index (Phi) is 4.32. The minimum absolute atomic E-state index is 0.0671. The van der Waals surface area contributed by atoms with E-state index in [1.54, 1.807) is 6.92 Å². The minimum Gasteiger partial charge on any atom is -0.314 e. The Morgan fingerprint density at radius 2 is 2.12 bits per heavy atom. The molecule has 8 nitrogen and oxygen atoms in total. The molecule has 0 N–H and O–H groups in total. The molecule has 1 rings (SSSR count). The maximum Gasteiger partial charge on any atom is 0.294 e. The van der Waals surface area contributed by atoms with Crippen LogP contribution in [0.4, 0.5) is 0 Å². The second-order valence-corrected chi connectivity index (χ2v) is 4.44. The third-order valence-electron chi connectivity index (χ3n) is 2.11. The second kappa shape index (κ2) is 5.53. The number of aromatic nitrogens is 1. The van der Waals surface area contributed by atoms with Gasteiger partial charge in [-0.3, -0.25) is 10.1 Å². The number of aryl methyl sites for hydroxylation is 1. The molecule has 0 saturated heterocycles. The Hall–Kier alpha value is -1.77. The van der Waals surface area contributed by atoms with E-state index in [1.165, 1.54) is 18.3 Å². The first-order chi connectivity index (χ1) is 7.91. The summed E-state index contributed by atoms with van der Waals surface area (Å²) in [5.74, 6) is 0. The molecule has 0 saturated carbocycles. The van der Waals surface area contributed by atoms with Gasteiger partial charge in [0.15, 0.2) is 5.01 Å². The molecule has 0 spiro atoms. The summed E-state index contributed by atoms with van der Waals surface area (Å²) in [5, 5.41) is 20.1. The quantitative estimate of drug-likeness (QED) is 0.567. The van der Waals surface area contributed by atoms with Crippen LogP contribution in [0.25, 0.3) is 0 Å². The first-order valence-electron chi connectivity index (χ1n) is 4.78. The molecular formula is C8H11N3O5S. The smallest absolute Gasteiger partial charge is 0.294 e. The fraction of sp³-hybridized carbons (Fsp3) is 0.625. The van der Waals surface area contributed by atoms with Crippen molar-refractivity contribution in [3.05, 3.63) is 35.8 Å². The standard InChI is InChI=1S/C8H11N3O5S/c1-5-7(3-4-16-11(14)15)17-8(9-5)6(2)10(12)13/h6H,3-4H2,1-2H3/t6-/m0/s1. The van der Waals surface area contributed by atoms with Crippen molar-refractivity contribution in [1.82, 2.24) is 4.98 Å². The van der Waals surface area contributed by atoms with Gasteiger partial charge in [-0.05, 0) is 6.92 Å². The van der Waals surface area contributed by atoms with Crippen molar-refractivity contribution in [3.63, 3.8) is 0 Å². The molecule has 0 aliphatic carbocycles. The van der Waals surface area contributed by atoms with Crippen LogP contribution >= 0.6 is 11.3 Å². The lowest BCUT2D eigenvalue weighted by atomic mass is 10.3. The summed E-state index contributed by atoms with van der Waals surface area (Å²) in [5.41, 5.74) is 0.658. The topological polar surface area (TPSA) is 108 Å². The molecule has 94 valence electrons. The summed E-state index contributed by atoms with van der Waals surface area (Å²) in [6, 6.07) is -0.858. The van der Waals surface area contributed by atoms with Gasteiger partial charge in [-0.2, -0.15) is 0 Å². The zero-order valence-electron chi connectivity index (χ0n) is 9.28. The molecule has 1 atom stereocenters. The van der Waals surface area contributed by atoms with Crippen molar-refractivity contribution in [1.29, 1.82) is 0 Å². The highest BCUT2D eigenvalue weighted by atomic mass is 32.1. The lowest BCUT2D eigenvalue weighted by Gasteiger charge is -1.97. The van der Waals surface area contributed by atoms with Crippen LogP contribution in [0.3, 0.4) is 0 Å². The maximum absolute atomic E-state index is 10.6. The summed E-state index contributed by atoms with van der Waals surface area (Å²) < 4.78 is 0. The average molecular weight is 261 g/mol. The van der Waals surface area contributed by atoms with E-state index < -0.39 is 16.1 Å². The van der Waals surface area contributed by atoms with Gasteiger partial charge < -0.3 is 4.84 Å². The van der Waals surface area contributed by atoms with Crippen molar-refractivity contribution in [3.8, 4) is 0 Å². The van der Waals surface area contributed by atoms with E-state index in [0.29, 0.717) is 17.1 Å². The van der Waals surface area contributed by atoms with Crippen molar-refractivity contribution in [2.24, 2.45) is 0 Å². The molecule has 0 aromatic carbocycles. The zero-order chi connectivity index (χ0) is 13.0. The normalized spacial score (nSPS) is 12.1. The summed E-state index contributed by atoms with van der Waals surface area (Å²) in [6.45, 7) is 3.10. The molecule has 9 heteroatoms. The monoisotopic (exact) mass is 261 g/mol. The number of rotatable bonds is 6. The molecule has 0 bridgehead atoms. The second-order valence-electron chi connectivity index (χ2n) is 3.33. The van der Waals surface area contributed by atoms with Crippen LogP contribution in [0.15, 0.2) is 0 Å². The minimum atomic E-state index is -0.864. The molecule has 0 radical (unpaired) electrons. The van der Waals surface area contributed by atoms with Gasteiger partial charge in [-0.1, -0.05) is 0 Å². The molecule has 0 amide bonds. The summed E-state index contributed by atoms with van der Waals surface area (Å²) in [6.07, 6.45) is 0.328. The average Bonchev–Trinajstić information content (AvgIpc) is 2.58. The highest BCUT2D eigenvalue weighted by molar-refractivity contribution is 7.11.